The quantitative estimate of drug-likeness (QED) is 0.905. The molecule has 0 aliphatic rings. The lowest BCUT2D eigenvalue weighted by atomic mass is 10.0. The largest absolute Gasteiger partial charge is 0.385 e. The highest BCUT2D eigenvalue weighted by Gasteiger charge is 2.25. The minimum Gasteiger partial charge on any atom is -0.385 e. The minimum absolute atomic E-state index is 0.143. The molecule has 19 heavy (non-hydrogen) atoms. The molecule has 100 valence electrons. The summed E-state index contributed by atoms with van der Waals surface area (Å²) in [4.78, 5) is 11.9. The summed E-state index contributed by atoms with van der Waals surface area (Å²) in [6, 6.07) is 6.86. The van der Waals surface area contributed by atoms with Crippen LogP contribution in [0.15, 0.2) is 28.8 Å². The molecule has 6 heteroatoms. The monoisotopic (exact) mass is 280 g/mol. The summed E-state index contributed by atoms with van der Waals surface area (Å²) in [5.41, 5.74) is 1.31. The van der Waals surface area contributed by atoms with Gasteiger partial charge in [-0.1, -0.05) is 28.9 Å². The van der Waals surface area contributed by atoms with Crippen LogP contribution < -0.4 is 5.32 Å². The van der Waals surface area contributed by atoms with Crippen LogP contribution in [0.25, 0.3) is 11.3 Å². The molecule has 1 amide bonds. The summed E-state index contributed by atoms with van der Waals surface area (Å²) in [6.45, 7) is 1.51. The van der Waals surface area contributed by atoms with Gasteiger partial charge in [0.15, 0.2) is 5.76 Å². The number of nitrogens with one attached hydrogen (secondary N) is 1. The minimum atomic E-state index is -0.916. The van der Waals surface area contributed by atoms with Crippen LogP contribution in [-0.4, -0.2) is 23.2 Å². The maximum Gasteiger partial charge on any atom is 0.257 e. The summed E-state index contributed by atoms with van der Waals surface area (Å²) in [5.74, 6) is -0.216. The van der Waals surface area contributed by atoms with E-state index in [0.717, 1.165) is 0 Å². The average Bonchev–Trinajstić information content (AvgIpc) is 2.83. The van der Waals surface area contributed by atoms with E-state index < -0.39 is 6.10 Å². The van der Waals surface area contributed by atoms with Gasteiger partial charge in [-0.05, 0) is 19.1 Å². The van der Waals surface area contributed by atoms with Gasteiger partial charge in [0.2, 0.25) is 0 Å². The second-order valence-electron chi connectivity index (χ2n) is 4.03. The molecule has 0 unspecified atom stereocenters. The van der Waals surface area contributed by atoms with Crippen LogP contribution in [0.1, 0.15) is 29.1 Å². The van der Waals surface area contributed by atoms with Crippen molar-refractivity contribution in [1.29, 1.82) is 0 Å². The van der Waals surface area contributed by atoms with Crippen LogP contribution >= 0.6 is 11.6 Å². The standard InChI is InChI=1S/C13H13ClN2O3/c1-7(17)12-10(13(18)15-2)11(16-19-12)8-3-5-9(14)6-4-8/h3-7,17H,1-2H3,(H,15,18)/t7-/m0/s1. The normalized spacial score (nSPS) is 12.2. The molecule has 1 heterocycles. The first-order valence-electron chi connectivity index (χ1n) is 5.70. The summed E-state index contributed by atoms with van der Waals surface area (Å²) >= 11 is 5.82. The highest BCUT2D eigenvalue weighted by atomic mass is 35.5. The molecular weight excluding hydrogens is 268 g/mol. The predicted octanol–water partition coefficient (Wildman–Crippen LogP) is 2.41. The van der Waals surface area contributed by atoms with Gasteiger partial charge in [-0.3, -0.25) is 4.79 Å². The molecule has 0 saturated carbocycles. The Bertz CT molecular complexity index is 590. The molecule has 0 radical (unpaired) electrons. The third kappa shape index (κ3) is 2.62. The molecule has 1 aromatic heterocycles. The number of benzene rings is 1. The number of halogens is 1. The van der Waals surface area contributed by atoms with Crippen molar-refractivity contribution in [2.24, 2.45) is 0 Å². The Hall–Kier alpha value is -1.85. The lowest BCUT2D eigenvalue weighted by Gasteiger charge is -2.04. The SMILES string of the molecule is CNC(=O)c1c(-c2ccc(Cl)cc2)noc1[C@H](C)O. The van der Waals surface area contributed by atoms with Gasteiger partial charge in [-0.15, -0.1) is 0 Å². The number of carbonyl (C=O) groups is 1. The molecule has 0 fully saturated rings. The smallest absolute Gasteiger partial charge is 0.257 e. The molecule has 5 nitrogen and oxygen atoms in total. The fraction of sp³-hybridized carbons (Fsp3) is 0.231. The zero-order valence-corrected chi connectivity index (χ0v) is 11.2. The Morgan fingerprint density at radius 2 is 2.05 bits per heavy atom. The Balaban J connectivity index is 2.57. The number of hydrogen-bond donors (Lipinski definition) is 2. The third-order valence-corrected chi connectivity index (χ3v) is 2.92. The van der Waals surface area contributed by atoms with Gasteiger partial charge in [0, 0.05) is 17.6 Å². The van der Waals surface area contributed by atoms with E-state index >= 15 is 0 Å². The first-order chi connectivity index (χ1) is 9.04. The topological polar surface area (TPSA) is 75.4 Å². The van der Waals surface area contributed by atoms with Gasteiger partial charge in [-0.2, -0.15) is 0 Å². The van der Waals surface area contributed by atoms with E-state index in [-0.39, 0.29) is 17.2 Å². The fourth-order valence-corrected chi connectivity index (χ4v) is 1.86. The van der Waals surface area contributed by atoms with Crippen molar-refractivity contribution in [1.82, 2.24) is 10.5 Å². The molecule has 1 aromatic carbocycles. The average molecular weight is 281 g/mol. The van der Waals surface area contributed by atoms with Crippen LogP contribution in [0.3, 0.4) is 0 Å². The zero-order valence-electron chi connectivity index (χ0n) is 10.5. The second kappa shape index (κ2) is 5.42. The van der Waals surface area contributed by atoms with Crippen LogP contribution in [0.5, 0.6) is 0 Å². The van der Waals surface area contributed by atoms with E-state index in [1.54, 1.807) is 24.3 Å². The zero-order chi connectivity index (χ0) is 14.0. The number of aliphatic hydroxyl groups excluding tert-OH is 1. The van der Waals surface area contributed by atoms with E-state index in [1.807, 2.05) is 0 Å². The maximum absolute atomic E-state index is 11.9. The highest BCUT2D eigenvalue weighted by Crippen LogP contribution is 2.29. The first-order valence-corrected chi connectivity index (χ1v) is 6.08. The van der Waals surface area contributed by atoms with Crippen molar-refractivity contribution < 1.29 is 14.4 Å². The summed E-state index contributed by atoms with van der Waals surface area (Å²) in [7, 11) is 1.51. The van der Waals surface area contributed by atoms with Gasteiger partial charge in [0.1, 0.15) is 17.4 Å². The predicted molar refractivity (Wildman–Crippen MR) is 71.0 cm³/mol. The molecule has 2 rings (SSSR count). The summed E-state index contributed by atoms with van der Waals surface area (Å²) in [6.07, 6.45) is -0.916. The van der Waals surface area contributed by atoms with E-state index in [0.29, 0.717) is 16.3 Å². The van der Waals surface area contributed by atoms with E-state index in [1.165, 1.54) is 14.0 Å². The van der Waals surface area contributed by atoms with Gasteiger partial charge >= 0.3 is 0 Å². The molecule has 0 aliphatic heterocycles. The summed E-state index contributed by atoms with van der Waals surface area (Å²) in [5, 5.41) is 16.6. The van der Waals surface area contributed by atoms with Gasteiger partial charge in [0.05, 0.1) is 0 Å². The molecule has 1 atom stereocenters. The Kier molecular flexibility index (Phi) is 3.87. The maximum atomic E-state index is 11.9. The number of nitrogens with zero attached hydrogens (tertiary/aromatic N) is 1. The van der Waals surface area contributed by atoms with Crippen LogP contribution in [-0.2, 0) is 0 Å². The Morgan fingerprint density at radius 3 is 2.58 bits per heavy atom. The summed E-state index contributed by atoms with van der Waals surface area (Å²) < 4.78 is 5.07. The van der Waals surface area contributed by atoms with E-state index in [4.69, 9.17) is 16.1 Å². The molecule has 0 spiro atoms. The van der Waals surface area contributed by atoms with Crippen molar-refractivity contribution >= 4 is 17.5 Å². The van der Waals surface area contributed by atoms with Gasteiger partial charge in [-0.25, -0.2) is 0 Å². The first kappa shape index (κ1) is 13.6. The van der Waals surface area contributed by atoms with Crippen LogP contribution in [0, 0.1) is 0 Å². The van der Waals surface area contributed by atoms with E-state index in [9.17, 15) is 9.90 Å². The van der Waals surface area contributed by atoms with Crippen LogP contribution in [0.2, 0.25) is 5.02 Å². The third-order valence-electron chi connectivity index (χ3n) is 2.67. The number of carbonyl (C=O) groups excluding carboxylic acids is 1. The van der Waals surface area contributed by atoms with Crippen LogP contribution in [0.4, 0.5) is 0 Å². The molecule has 0 bridgehead atoms. The Labute approximate surface area is 115 Å². The van der Waals surface area contributed by atoms with Crippen molar-refractivity contribution in [2.45, 2.75) is 13.0 Å². The van der Waals surface area contributed by atoms with Gasteiger partial charge < -0.3 is 14.9 Å². The van der Waals surface area contributed by atoms with E-state index in [2.05, 4.69) is 10.5 Å². The Morgan fingerprint density at radius 1 is 1.42 bits per heavy atom. The lowest BCUT2D eigenvalue weighted by molar-refractivity contribution is 0.0950. The molecule has 2 N–H and O–H groups in total. The molecular formula is C13H13ClN2O3. The highest BCUT2D eigenvalue weighted by molar-refractivity contribution is 6.30. The molecule has 2 aromatic rings. The fourth-order valence-electron chi connectivity index (χ4n) is 1.74. The number of aromatic nitrogens is 1. The molecule has 0 aliphatic carbocycles. The second-order valence-corrected chi connectivity index (χ2v) is 4.47. The van der Waals surface area contributed by atoms with Gasteiger partial charge in [0.25, 0.3) is 5.91 Å². The number of rotatable bonds is 3. The number of aliphatic hydroxyl groups is 1. The number of hydrogen-bond acceptors (Lipinski definition) is 4. The molecule has 0 saturated heterocycles. The van der Waals surface area contributed by atoms with Crippen molar-refractivity contribution in [3.63, 3.8) is 0 Å². The number of amides is 1. The van der Waals surface area contributed by atoms with Crippen molar-refractivity contribution in [2.75, 3.05) is 7.05 Å². The van der Waals surface area contributed by atoms with Crippen molar-refractivity contribution in [3.05, 3.63) is 40.6 Å². The van der Waals surface area contributed by atoms with Crippen molar-refractivity contribution in [3.8, 4) is 11.3 Å². The lowest BCUT2D eigenvalue weighted by Crippen LogP contribution is -2.20.